The van der Waals surface area contributed by atoms with Crippen molar-refractivity contribution < 1.29 is 17.9 Å². The van der Waals surface area contributed by atoms with Crippen molar-refractivity contribution >= 4 is 27.3 Å². The molecule has 0 aromatic heterocycles. The quantitative estimate of drug-likeness (QED) is 0.873. The van der Waals surface area contributed by atoms with Crippen molar-refractivity contribution in [2.24, 2.45) is 0 Å². The maximum absolute atomic E-state index is 12.7. The van der Waals surface area contributed by atoms with Crippen LogP contribution in [0.1, 0.15) is 33.3 Å². The Morgan fingerprint density at radius 1 is 1.11 bits per heavy atom. The van der Waals surface area contributed by atoms with Gasteiger partial charge >= 0.3 is 0 Å². The predicted molar refractivity (Wildman–Crippen MR) is 106 cm³/mol. The Morgan fingerprint density at radius 3 is 2.37 bits per heavy atom. The molecule has 144 valence electrons. The Kier molecular flexibility index (Phi) is 4.90. The minimum absolute atomic E-state index is 0.0512. The molecule has 1 amide bonds. The molecule has 3 rings (SSSR count). The molecule has 0 aliphatic carbocycles. The van der Waals surface area contributed by atoms with Gasteiger partial charge < -0.3 is 9.64 Å². The van der Waals surface area contributed by atoms with Crippen molar-refractivity contribution in [2.75, 3.05) is 22.8 Å². The van der Waals surface area contributed by atoms with Crippen molar-refractivity contribution in [2.45, 2.75) is 38.0 Å². The molecule has 1 N–H and O–H groups in total. The summed E-state index contributed by atoms with van der Waals surface area (Å²) < 4.78 is 33.6. The fourth-order valence-electron chi connectivity index (χ4n) is 2.96. The number of carbonyl (C=O) groups excluding carboxylic acids is 1. The van der Waals surface area contributed by atoms with Gasteiger partial charge in [-0.1, -0.05) is 32.9 Å². The van der Waals surface area contributed by atoms with E-state index >= 15 is 0 Å². The minimum Gasteiger partial charge on any atom is -0.490 e. The van der Waals surface area contributed by atoms with Crippen molar-refractivity contribution in [3.05, 3.63) is 48.0 Å². The molecular formula is C20H24N2O4S. The molecule has 0 radical (unpaired) electrons. The summed E-state index contributed by atoms with van der Waals surface area (Å²) in [5, 5.41) is 0. The van der Waals surface area contributed by atoms with Crippen LogP contribution in [0.4, 0.5) is 11.4 Å². The number of fused-ring (bicyclic) bond motifs is 1. The standard InChI is InChI=1S/C20H24N2O4S/c1-14(23)22-11-12-26-19-10-7-16(13-18(19)22)21-27(24,25)17-8-5-15(6-9-17)20(2,3)4/h5-10,13,21H,11-12H2,1-4H3. The van der Waals surface area contributed by atoms with E-state index in [1.165, 1.54) is 6.92 Å². The van der Waals surface area contributed by atoms with Gasteiger partial charge in [0.2, 0.25) is 5.91 Å². The third kappa shape index (κ3) is 4.08. The zero-order valence-corrected chi connectivity index (χ0v) is 16.8. The van der Waals surface area contributed by atoms with Crippen LogP contribution in [-0.4, -0.2) is 27.5 Å². The van der Waals surface area contributed by atoms with Crippen LogP contribution in [0.25, 0.3) is 0 Å². The zero-order chi connectivity index (χ0) is 19.8. The van der Waals surface area contributed by atoms with Gasteiger partial charge in [-0.3, -0.25) is 9.52 Å². The molecule has 0 spiro atoms. The summed E-state index contributed by atoms with van der Waals surface area (Å²) in [6, 6.07) is 11.8. The van der Waals surface area contributed by atoms with Crippen LogP contribution < -0.4 is 14.4 Å². The first-order valence-electron chi connectivity index (χ1n) is 8.76. The van der Waals surface area contributed by atoms with Crippen LogP contribution in [0, 0.1) is 0 Å². The fraction of sp³-hybridized carbons (Fsp3) is 0.350. The molecule has 0 saturated carbocycles. The van der Waals surface area contributed by atoms with Crippen molar-refractivity contribution in [3.8, 4) is 5.75 Å². The van der Waals surface area contributed by atoms with Gasteiger partial charge in [-0.2, -0.15) is 0 Å². The van der Waals surface area contributed by atoms with E-state index in [-0.39, 0.29) is 16.2 Å². The van der Waals surface area contributed by atoms with Gasteiger partial charge in [0.15, 0.2) is 0 Å². The number of benzene rings is 2. The smallest absolute Gasteiger partial charge is 0.261 e. The number of carbonyl (C=O) groups is 1. The summed E-state index contributed by atoms with van der Waals surface area (Å²) in [4.78, 5) is 13.6. The Bertz CT molecular complexity index is 960. The van der Waals surface area contributed by atoms with Crippen LogP contribution in [-0.2, 0) is 20.2 Å². The first kappa shape index (κ1) is 19.2. The van der Waals surface area contributed by atoms with Gasteiger partial charge in [-0.05, 0) is 41.3 Å². The summed E-state index contributed by atoms with van der Waals surface area (Å²) in [6.45, 7) is 8.55. The Labute approximate surface area is 160 Å². The zero-order valence-electron chi connectivity index (χ0n) is 15.9. The van der Waals surface area contributed by atoms with Crippen molar-refractivity contribution in [3.63, 3.8) is 0 Å². The van der Waals surface area contributed by atoms with E-state index in [4.69, 9.17) is 4.74 Å². The molecule has 1 aliphatic rings. The van der Waals surface area contributed by atoms with Gasteiger partial charge in [-0.25, -0.2) is 8.42 Å². The lowest BCUT2D eigenvalue weighted by molar-refractivity contribution is -0.116. The van der Waals surface area contributed by atoms with E-state index in [2.05, 4.69) is 25.5 Å². The molecule has 27 heavy (non-hydrogen) atoms. The highest BCUT2D eigenvalue weighted by molar-refractivity contribution is 7.92. The Morgan fingerprint density at radius 2 is 1.78 bits per heavy atom. The van der Waals surface area contributed by atoms with Crippen LogP contribution in [0.5, 0.6) is 5.75 Å². The number of hydrogen-bond acceptors (Lipinski definition) is 4. The molecule has 1 aliphatic heterocycles. The number of anilines is 2. The molecule has 0 unspecified atom stereocenters. The highest BCUT2D eigenvalue weighted by Gasteiger charge is 2.23. The number of ether oxygens (including phenoxy) is 1. The Balaban J connectivity index is 1.88. The average molecular weight is 388 g/mol. The second-order valence-electron chi connectivity index (χ2n) is 7.58. The van der Waals surface area contributed by atoms with Gasteiger partial charge in [0.25, 0.3) is 10.0 Å². The SMILES string of the molecule is CC(=O)N1CCOc2ccc(NS(=O)(=O)c3ccc(C(C)(C)C)cc3)cc21. The van der Waals surface area contributed by atoms with E-state index in [9.17, 15) is 13.2 Å². The predicted octanol–water partition coefficient (Wildman–Crippen LogP) is 3.53. The maximum atomic E-state index is 12.7. The lowest BCUT2D eigenvalue weighted by Crippen LogP contribution is -2.36. The largest absolute Gasteiger partial charge is 0.490 e. The minimum atomic E-state index is -3.73. The second-order valence-corrected chi connectivity index (χ2v) is 9.26. The summed E-state index contributed by atoms with van der Waals surface area (Å²) in [5.41, 5.74) is 1.96. The molecule has 2 aromatic carbocycles. The fourth-order valence-corrected chi connectivity index (χ4v) is 4.01. The molecule has 1 heterocycles. The molecule has 7 heteroatoms. The number of nitrogens with zero attached hydrogens (tertiary/aromatic N) is 1. The third-order valence-electron chi connectivity index (χ3n) is 4.49. The lowest BCUT2D eigenvalue weighted by atomic mass is 9.87. The highest BCUT2D eigenvalue weighted by atomic mass is 32.2. The molecule has 2 aromatic rings. The van der Waals surface area contributed by atoms with Crippen molar-refractivity contribution in [1.29, 1.82) is 0 Å². The van der Waals surface area contributed by atoms with Gasteiger partial charge in [0.1, 0.15) is 12.4 Å². The van der Waals surface area contributed by atoms with E-state index in [0.29, 0.717) is 30.3 Å². The second kappa shape index (κ2) is 6.88. The van der Waals surface area contributed by atoms with E-state index in [1.807, 2.05) is 12.1 Å². The first-order valence-corrected chi connectivity index (χ1v) is 10.2. The third-order valence-corrected chi connectivity index (χ3v) is 5.88. The molecular weight excluding hydrogens is 364 g/mol. The molecule has 0 fully saturated rings. The van der Waals surface area contributed by atoms with Gasteiger partial charge in [0, 0.05) is 6.92 Å². The summed E-state index contributed by atoms with van der Waals surface area (Å²) in [5.74, 6) is 0.450. The van der Waals surface area contributed by atoms with E-state index < -0.39 is 10.0 Å². The van der Waals surface area contributed by atoms with E-state index in [1.54, 1.807) is 35.2 Å². The summed E-state index contributed by atoms with van der Waals surface area (Å²) in [6.07, 6.45) is 0. The normalized spacial score (nSPS) is 14.3. The number of sulfonamides is 1. The number of nitrogens with one attached hydrogen (secondary N) is 1. The molecule has 6 nitrogen and oxygen atoms in total. The number of hydrogen-bond donors (Lipinski definition) is 1. The highest BCUT2D eigenvalue weighted by Crippen LogP contribution is 2.35. The van der Waals surface area contributed by atoms with Crippen LogP contribution in [0.3, 0.4) is 0 Å². The van der Waals surface area contributed by atoms with Gasteiger partial charge in [0.05, 0.1) is 22.8 Å². The van der Waals surface area contributed by atoms with Gasteiger partial charge in [-0.15, -0.1) is 0 Å². The summed E-state index contributed by atoms with van der Waals surface area (Å²) >= 11 is 0. The maximum Gasteiger partial charge on any atom is 0.261 e. The topological polar surface area (TPSA) is 75.7 Å². The van der Waals surface area contributed by atoms with E-state index in [0.717, 1.165) is 5.56 Å². The number of rotatable bonds is 3. The van der Waals surface area contributed by atoms with Crippen molar-refractivity contribution in [1.82, 2.24) is 0 Å². The average Bonchev–Trinajstić information content (AvgIpc) is 2.60. The first-order chi connectivity index (χ1) is 12.6. The van der Waals surface area contributed by atoms with Crippen LogP contribution in [0.15, 0.2) is 47.4 Å². The Hall–Kier alpha value is -2.54. The molecule has 0 bridgehead atoms. The molecule has 0 atom stereocenters. The lowest BCUT2D eigenvalue weighted by Gasteiger charge is -2.29. The molecule has 0 saturated heterocycles. The number of amides is 1. The monoisotopic (exact) mass is 388 g/mol. The van der Waals surface area contributed by atoms with Crippen LogP contribution >= 0.6 is 0 Å². The van der Waals surface area contributed by atoms with Crippen LogP contribution in [0.2, 0.25) is 0 Å². The summed E-state index contributed by atoms with van der Waals surface area (Å²) in [7, 11) is -3.73.